The molecule has 1 aromatic heterocycles. The van der Waals surface area contributed by atoms with Gasteiger partial charge in [-0.15, -0.1) is 5.11 Å². The molecule has 0 saturated heterocycles. The number of carbonyl (C=O) groups is 1. The van der Waals surface area contributed by atoms with Crippen molar-refractivity contribution in [1.29, 1.82) is 0 Å². The molecule has 59 heavy (non-hydrogen) atoms. The van der Waals surface area contributed by atoms with Crippen LogP contribution in [0, 0.1) is 0 Å². The van der Waals surface area contributed by atoms with Gasteiger partial charge in [0.2, 0.25) is 17.2 Å². The predicted molar refractivity (Wildman–Crippen MR) is 205 cm³/mol. The summed E-state index contributed by atoms with van der Waals surface area (Å²) in [5.74, 6) is -1.16. The van der Waals surface area contributed by atoms with E-state index in [-0.39, 0.29) is 44.8 Å². The van der Waals surface area contributed by atoms with Crippen molar-refractivity contribution in [3.05, 3.63) is 72.0 Å². The molecule has 25 nitrogen and oxygen atoms in total. The normalized spacial score (nSPS) is 12.8. The van der Waals surface area contributed by atoms with E-state index in [0.717, 1.165) is 12.1 Å². The summed E-state index contributed by atoms with van der Waals surface area (Å²) in [4.78, 5) is 20.6. The van der Waals surface area contributed by atoms with Crippen LogP contribution in [0.15, 0.2) is 96.5 Å². The smallest absolute Gasteiger partial charge is 0.351 e. The van der Waals surface area contributed by atoms with Crippen molar-refractivity contribution in [3.8, 4) is 0 Å². The minimum Gasteiger partial charge on any atom is -0.351 e. The van der Waals surface area contributed by atoms with Gasteiger partial charge in [-0.3, -0.25) is 18.2 Å². The monoisotopic (exact) mass is 937 g/mol. The number of amides is 2. The summed E-state index contributed by atoms with van der Waals surface area (Å²) in [5, 5.41) is 14.1. The number of nitrogens with one attached hydrogen (secondary N) is 3. The van der Waals surface area contributed by atoms with Crippen molar-refractivity contribution in [2.24, 2.45) is 16.0 Å². The van der Waals surface area contributed by atoms with E-state index in [1.165, 1.54) is 36.4 Å². The van der Waals surface area contributed by atoms with Gasteiger partial charge in [0.1, 0.15) is 15.5 Å². The van der Waals surface area contributed by atoms with Crippen LogP contribution in [0.4, 0.5) is 45.1 Å². The summed E-state index contributed by atoms with van der Waals surface area (Å²) in [5.41, 5.74) is 4.65. The van der Waals surface area contributed by atoms with E-state index in [2.05, 4.69) is 45.3 Å². The van der Waals surface area contributed by atoms with Crippen LogP contribution in [-0.4, -0.2) is 93.6 Å². The Morgan fingerprint density at radius 2 is 1.32 bits per heavy atom. The number of hydrogen-bond acceptors (Lipinski definition) is 19. The first-order valence-corrected chi connectivity index (χ1v) is 23.0. The third-order valence-electron chi connectivity index (χ3n) is 7.26. The van der Waals surface area contributed by atoms with Crippen LogP contribution in [0.1, 0.15) is 0 Å². The number of primary amides is 1. The molecular weight excluding hydrogens is 914 g/mol. The van der Waals surface area contributed by atoms with E-state index in [4.69, 9.17) is 21.9 Å². The zero-order valence-corrected chi connectivity index (χ0v) is 33.5. The van der Waals surface area contributed by atoms with Gasteiger partial charge in [-0.2, -0.15) is 53.7 Å². The van der Waals surface area contributed by atoms with Gasteiger partial charge in [0.15, 0.2) is 9.84 Å². The molecular formula is C28H24ClN9O16S5. The number of anilines is 5. The van der Waals surface area contributed by atoms with Crippen molar-refractivity contribution in [2.45, 2.75) is 19.6 Å². The van der Waals surface area contributed by atoms with Crippen LogP contribution in [0.3, 0.4) is 0 Å². The second-order valence-corrected chi connectivity index (χ2v) is 19.1. The van der Waals surface area contributed by atoms with Gasteiger partial charge >= 0.3 is 16.4 Å². The second-order valence-electron chi connectivity index (χ2n) is 11.4. The van der Waals surface area contributed by atoms with Crippen molar-refractivity contribution in [1.82, 2.24) is 15.0 Å². The molecule has 0 aliphatic rings. The summed E-state index contributed by atoms with van der Waals surface area (Å²) >= 11 is 6.08. The Bertz CT molecular complexity index is 3120. The number of aromatic nitrogens is 3. The number of nitrogens with two attached hydrogens (primary N) is 1. The van der Waals surface area contributed by atoms with Crippen molar-refractivity contribution in [2.75, 3.05) is 28.3 Å². The first kappa shape index (κ1) is 44.6. The summed E-state index contributed by atoms with van der Waals surface area (Å²) < 4.78 is 161. The zero-order valence-electron chi connectivity index (χ0n) is 28.7. The van der Waals surface area contributed by atoms with Gasteiger partial charge in [0.05, 0.1) is 39.2 Å². The number of benzene rings is 4. The number of sulfone groups is 1. The fraction of sp³-hybridized carbons (Fsp3) is 0.0714. The minimum atomic E-state index is -5.22. The van der Waals surface area contributed by atoms with Crippen molar-refractivity contribution >= 4 is 119 Å². The van der Waals surface area contributed by atoms with Crippen molar-refractivity contribution < 1.29 is 69.3 Å². The molecule has 0 unspecified atom stereocenters. The highest BCUT2D eigenvalue weighted by Crippen LogP contribution is 2.37. The lowest BCUT2D eigenvalue weighted by atomic mass is 10.1. The fourth-order valence-electron chi connectivity index (χ4n) is 4.84. The van der Waals surface area contributed by atoms with E-state index >= 15 is 0 Å². The molecule has 0 fully saturated rings. The molecule has 0 radical (unpaired) electrons. The predicted octanol–water partition coefficient (Wildman–Crippen LogP) is 3.40. The molecule has 2 amide bonds. The number of rotatable bonds is 15. The zero-order chi connectivity index (χ0) is 43.7. The number of azo groups is 1. The van der Waals surface area contributed by atoms with E-state index in [0.29, 0.717) is 18.2 Å². The molecule has 0 aliphatic heterocycles. The largest absolute Gasteiger partial charge is 0.397 e. The van der Waals surface area contributed by atoms with Crippen LogP contribution in [0.5, 0.6) is 0 Å². The number of carbonyl (C=O) groups excluding carboxylic acids is 1. The quantitative estimate of drug-likeness (QED) is 0.0550. The SMILES string of the molecule is NC(=O)Nc1cc(N=Nc2cc3c(S(=O)(=O)O)cc(S(=O)(=O)O)cc3cc2S(=O)(=O)O)ccc1Nc1nc(Cl)nc(Nc2ccc(S(=O)(=O)CCOS(=O)(=O)O)cc2)n1. The Balaban J connectivity index is 1.44. The summed E-state index contributed by atoms with van der Waals surface area (Å²) in [6, 6.07) is 10.0. The van der Waals surface area contributed by atoms with Crippen LogP contribution in [-0.2, 0) is 54.8 Å². The highest BCUT2D eigenvalue weighted by Gasteiger charge is 2.25. The highest BCUT2D eigenvalue weighted by atomic mass is 35.5. The summed E-state index contributed by atoms with van der Waals surface area (Å²) in [6.07, 6.45) is 0. The fourth-order valence-corrected chi connectivity index (χ4v) is 8.48. The third-order valence-corrected chi connectivity index (χ3v) is 12.2. The van der Waals surface area contributed by atoms with E-state index in [1.54, 1.807) is 0 Å². The number of hydrogen-bond donors (Lipinski definition) is 8. The van der Waals surface area contributed by atoms with Gasteiger partial charge in [0.25, 0.3) is 30.4 Å². The first-order valence-electron chi connectivity index (χ1n) is 15.2. The topological polar surface area (TPSA) is 403 Å². The average molecular weight is 938 g/mol. The van der Waals surface area contributed by atoms with Crippen LogP contribution in [0.25, 0.3) is 10.8 Å². The Morgan fingerprint density at radius 1 is 0.695 bits per heavy atom. The van der Waals surface area contributed by atoms with Gasteiger partial charge < -0.3 is 21.7 Å². The summed E-state index contributed by atoms with van der Waals surface area (Å²) in [7, 11) is -24.3. The number of urea groups is 1. The van der Waals surface area contributed by atoms with Gasteiger partial charge in [0, 0.05) is 11.1 Å². The molecule has 0 bridgehead atoms. The number of fused-ring (bicyclic) bond motifs is 1. The second kappa shape index (κ2) is 16.6. The number of nitrogens with zero attached hydrogens (tertiary/aromatic N) is 5. The van der Waals surface area contributed by atoms with Crippen LogP contribution < -0.4 is 21.7 Å². The van der Waals surface area contributed by atoms with Gasteiger partial charge in [-0.25, -0.2) is 17.4 Å². The lowest BCUT2D eigenvalue weighted by Gasteiger charge is -2.13. The molecule has 0 spiro atoms. The molecule has 5 aromatic rings. The van der Waals surface area contributed by atoms with Crippen molar-refractivity contribution in [3.63, 3.8) is 0 Å². The lowest BCUT2D eigenvalue weighted by molar-refractivity contribution is 0.259. The van der Waals surface area contributed by atoms with E-state index in [9.17, 15) is 60.5 Å². The third kappa shape index (κ3) is 11.8. The molecule has 314 valence electrons. The molecule has 0 aliphatic carbocycles. The lowest BCUT2D eigenvalue weighted by Crippen LogP contribution is -2.20. The Labute approximate surface area is 337 Å². The molecule has 9 N–H and O–H groups in total. The summed E-state index contributed by atoms with van der Waals surface area (Å²) in [6.45, 7) is -0.831. The van der Waals surface area contributed by atoms with E-state index < -0.39 is 100 Å². The Kier molecular flexibility index (Phi) is 12.5. The molecule has 0 saturated carbocycles. The molecule has 31 heteroatoms. The van der Waals surface area contributed by atoms with Crippen LogP contribution >= 0.6 is 11.6 Å². The molecule has 0 atom stereocenters. The van der Waals surface area contributed by atoms with E-state index in [1.807, 2.05) is 0 Å². The standard InChI is InChI=1S/C28H24ClN9O16S5/c29-25-34-27(31-15-1-4-17(5-2-15)55(40,41)8-7-54-59(51,52)53)36-28(35-25)33-20-6-3-16(11-21(20)32-26(30)39)37-38-22-13-19-14(10-24(22)58(48,49)50)9-18(56(42,43)44)12-23(19)57(45,46)47/h1-6,9-13H,7-8H2,(H3,30,32,39)(H,42,43,44)(H,45,46,47)(H,48,49,50)(H,51,52,53)(H2,31,33,34,35,36). The maximum Gasteiger partial charge on any atom is 0.397 e. The number of halogens is 1. The molecule has 5 rings (SSSR count). The minimum absolute atomic E-state index is 0.0419. The Morgan fingerprint density at radius 3 is 1.90 bits per heavy atom. The Hall–Kier alpha value is -5.54. The van der Waals surface area contributed by atoms with Crippen LogP contribution in [0.2, 0.25) is 5.28 Å². The maximum absolute atomic E-state index is 12.5. The molecule has 1 heterocycles. The highest BCUT2D eigenvalue weighted by molar-refractivity contribution is 7.91. The maximum atomic E-state index is 12.5. The first-order chi connectivity index (χ1) is 27.2. The van der Waals surface area contributed by atoms with Gasteiger partial charge in [-0.05, 0) is 83.7 Å². The van der Waals surface area contributed by atoms with Gasteiger partial charge in [-0.1, -0.05) is 0 Å². The molecule has 4 aromatic carbocycles. The average Bonchev–Trinajstić information content (AvgIpc) is 3.08.